The summed E-state index contributed by atoms with van der Waals surface area (Å²) in [6.07, 6.45) is 0. The minimum Gasteiger partial charge on any atom is -0.395 e. The van der Waals surface area contributed by atoms with Gasteiger partial charge in [0.05, 0.1) is 13.2 Å². The number of aliphatic hydroxyl groups is 1. The second-order valence-corrected chi connectivity index (χ2v) is 4.16. The highest BCUT2D eigenvalue weighted by Gasteiger charge is 2.25. The Morgan fingerprint density at radius 3 is 2.68 bits per heavy atom. The van der Waals surface area contributed by atoms with Gasteiger partial charge in [0.2, 0.25) is 0 Å². The topological polar surface area (TPSA) is 87.8 Å². The van der Waals surface area contributed by atoms with Crippen molar-refractivity contribution in [3.63, 3.8) is 0 Å². The maximum absolute atomic E-state index is 11.8. The lowest BCUT2D eigenvalue weighted by molar-refractivity contribution is -0.129. The molecular weight excluding hydrogens is 246 g/mol. The van der Waals surface area contributed by atoms with Gasteiger partial charge >= 0.3 is 0 Å². The highest BCUT2D eigenvalue weighted by molar-refractivity contribution is 5.81. The van der Waals surface area contributed by atoms with E-state index in [1.54, 1.807) is 0 Å². The molecule has 1 rings (SSSR count). The maximum Gasteiger partial charge on any atom is 0.253 e. The number of aliphatic hydroxyl groups excluding tert-OH is 1. The van der Waals surface area contributed by atoms with E-state index in [-0.39, 0.29) is 19.1 Å². The Kier molecular flexibility index (Phi) is 7.06. The first-order chi connectivity index (χ1) is 9.22. The van der Waals surface area contributed by atoms with Crippen LogP contribution in [0.25, 0.3) is 0 Å². The number of carbonyl (C=O) groups excluding carboxylic acids is 1. The molecule has 19 heavy (non-hydrogen) atoms. The second-order valence-electron chi connectivity index (χ2n) is 4.16. The number of benzene rings is 1. The van der Waals surface area contributed by atoms with Gasteiger partial charge in [0, 0.05) is 20.2 Å². The summed E-state index contributed by atoms with van der Waals surface area (Å²) >= 11 is 0. The maximum atomic E-state index is 11.8. The van der Waals surface area contributed by atoms with Crippen molar-refractivity contribution < 1.29 is 14.6 Å². The lowest BCUT2D eigenvalue weighted by Crippen LogP contribution is -2.51. The van der Waals surface area contributed by atoms with Gasteiger partial charge in [0.25, 0.3) is 5.91 Å². The molecule has 1 amide bonds. The van der Waals surface area contributed by atoms with Gasteiger partial charge in [0.1, 0.15) is 6.04 Å². The molecule has 0 aliphatic heterocycles. The number of hydrazine groups is 1. The average Bonchev–Trinajstić information content (AvgIpc) is 2.45. The molecule has 0 bridgehead atoms. The fourth-order valence-corrected chi connectivity index (χ4v) is 1.89. The van der Waals surface area contributed by atoms with E-state index < -0.39 is 6.04 Å². The van der Waals surface area contributed by atoms with Gasteiger partial charge in [-0.15, -0.1) is 0 Å². The van der Waals surface area contributed by atoms with E-state index in [4.69, 9.17) is 15.7 Å². The quantitative estimate of drug-likeness (QED) is 0.335. The summed E-state index contributed by atoms with van der Waals surface area (Å²) in [4.78, 5) is 13.6. The lowest BCUT2D eigenvalue weighted by atomic mass is 10.1. The summed E-state index contributed by atoms with van der Waals surface area (Å²) in [6.45, 7) is 1.10. The van der Waals surface area contributed by atoms with Crippen molar-refractivity contribution >= 4 is 5.91 Å². The van der Waals surface area contributed by atoms with Crippen molar-refractivity contribution in [1.82, 2.24) is 10.3 Å². The van der Waals surface area contributed by atoms with Gasteiger partial charge in [-0.3, -0.25) is 15.1 Å². The van der Waals surface area contributed by atoms with Crippen molar-refractivity contribution in [2.45, 2.75) is 12.6 Å². The number of hydrogen-bond donors (Lipinski definition) is 3. The number of hydrogen-bond acceptors (Lipinski definition) is 5. The van der Waals surface area contributed by atoms with Crippen molar-refractivity contribution in [2.24, 2.45) is 5.84 Å². The third-order valence-corrected chi connectivity index (χ3v) is 2.83. The Hall–Kier alpha value is -1.47. The molecule has 0 heterocycles. The number of nitrogens with two attached hydrogens (primary N) is 1. The predicted octanol–water partition coefficient (Wildman–Crippen LogP) is -0.514. The molecule has 0 saturated carbocycles. The van der Waals surface area contributed by atoms with Crippen LogP contribution in [0.3, 0.4) is 0 Å². The highest BCUT2D eigenvalue weighted by atomic mass is 16.5. The molecule has 0 spiro atoms. The van der Waals surface area contributed by atoms with Crippen LogP contribution < -0.4 is 11.3 Å². The summed E-state index contributed by atoms with van der Waals surface area (Å²) < 4.78 is 5.05. The molecule has 0 radical (unpaired) electrons. The van der Waals surface area contributed by atoms with Gasteiger partial charge in [-0.25, -0.2) is 5.84 Å². The summed E-state index contributed by atoms with van der Waals surface area (Å²) in [7, 11) is 1.52. The van der Waals surface area contributed by atoms with Crippen LogP contribution in [0, 0.1) is 0 Å². The van der Waals surface area contributed by atoms with Crippen LogP contribution in [0.4, 0.5) is 0 Å². The Balaban J connectivity index is 2.80. The number of methoxy groups -OCH3 is 1. The lowest BCUT2D eigenvalue weighted by Gasteiger charge is -2.29. The molecule has 0 aliphatic rings. The van der Waals surface area contributed by atoms with Crippen LogP contribution in [0.1, 0.15) is 5.56 Å². The smallest absolute Gasteiger partial charge is 0.253 e. The molecule has 0 aromatic heterocycles. The molecule has 1 atom stereocenters. The molecule has 6 nitrogen and oxygen atoms in total. The van der Waals surface area contributed by atoms with E-state index in [9.17, 15) is 4.79 Å². The van der Waals surface area contributed by atoms with Gasteiger partial charge in [-0.1, -0.05) is 30.3 Å². The second kappa shape index (κ2) is 8.60. The third kappa shape index (κ3) is 4.96. The van der Waals surface area contributed by atoms with E-state index in [2.05, 4.69) is 5.43 Å². The van der Waals surface area contributed by atoms with Crippen molar-refractivity contribution in [1.29, 1.82) is 0 Å². The highest BCUT2D eigenvalue weighted by Crippen LogP contribution is 2.09. The van der Waals surface area contributed by atoms with Crippen molar-refractivity contribution in [3.05, 3.63) is 35.9 Å². The van der Waals surface area contributed by atoms with Crippen molar-refractivity contribution in [2.75, 3.05) is 26.9 Å². The molecule has 0 fully saturated rings. The minimum absolute atomic E-state index is 0.0368. The molecule has 1 unspecified atom stereocenters. The van der Waals surface area contributed by atoms with Crippen LogP contribution >= 0.6 is 0 Å². The fourth-order valence-electron chi connectivity index (χ4n) is 1.89. The number of nitrogens with one attached hydrogen (secondary N) is 1. The molecular formula is C13H21N3O3. The number of amides is 1. The number of ether oxygens (including phenoxy) is 1. The Morgan fingerprint density at radius 2 is 2.16 bits per heavy atom. The van der Waals surface area contributed by atoms with Crippen LogP contribution in [0.2, 0.25) is 0 Å². The number of carbonyl (C=O) groups is 1. The van der Waals surface area contributed by atoms with E-state index in [0.29, 0.717) is 13.1 Å². The Morgan fingerprint density at radius 1 is 1.47 bits per heavy atom. The first-order valence-electron chi connectivity index (χ1n) is 6.11. The molecule has 106 valence electrons. The first-order valence-corrected chi connectivity index (χ1v) is 6.11. The molecule has 0 aliphatic carbocycles. The van der Waals surface area contributed by atoms with Crippen LogP contribution in [0.5, 0.6) is 0 Å². The van der Waals surface area contributed by atoms with E-state index >= 15 is 0 Å². The Bertz CT molecular complexity index is 373. The number of nitrogens with zero attached hydrogens (tertiary/aromatic N) is 1. The predicted molar refractivity (Wildman–Crippen MR) is 71.9 cm³/mol. The van der Waals surface area contributed by atoms with Crippen molar-refractivity contribution in [3.8, 4) is 0 Å². The molecule has 6 heteroatoms. The summed E-state index contributed by atoms with van der Waals surface area (Å²) in [5.74, 6) is 4.86. The van der Waals surface area contributed by atoms with Crippen LogP contribution in [-0.4, -0.2) is 48.8 Å². The van der Waals surface area contributed by atoms with Crippen LogP contribution in [-0.2, 0) is 16.1 Å². The minimum atomic E-state index is -0.526. The third-order valence-electron chi connectivity index (χ3n) is 2.83. The summed E-state index contributed by atoms with van der Waals surface area (Å²) in [6, 6.07) is 9.20. The molecule has 1 aromatic carbocycles. The fraction of sp³-hybridized carbons (Fsp3) is 0.462. The van der Waals surface area contributed by atoms with Crippen LogP contribution in [0.15, 0.2) is 30.3 Å². The molecule has 1 aromatic rings. The SMILES string of the molecule is COCC(C(=O)NN)N(CCO)Cc1ccccc1. The summed E-state index contributed by atoms with van der Waals surface area (Å²) in [5.41, 5.74) is 3.19. The zero-order valence-electron chi connectivity index (χ0n) is 11.1. The standard InChI is InChI=1S/C13H21N3O3/c1-19-10-12(13(18)15-14)16(7-8-17)9-11-5-3-2-4-6-11/h2-6,12,17H,7-10,14H2,1H3,(H,15,18). The van der Waals surface area contributed by atoms with E-state index in [1.807, 2.05) is 35.2 Å². The molecule has 0 saturated heterocycles. The van der Waals surface area contributed by atoms with Gasteiger partial charge in [-0.05, 0) is 5.56 Å². The normalized spacial score (nSPS) is 12.4. The van der Waals surface area contributed by atoms with E-state index in [0.717, 1.165) is 5.56 Å². The Labute approximate surface area is 113 Å². The monoisotopic (exact) mass is 267 g/mol. The number of rotatable bonds is 8. The first kappa shape index (κ1) is 15.6. The molecule has 4 N–H and O–H groups in total. The zero-order chi connectivity index (χ0) is 14.1. The average molecular weight is 267 g/mol. The zero-order valence-corrected chi connectivity index (χ0v) is 11.1. The summed E-state index contributed by atoms with van der Waals surface area (Å²) in [5, 5.41) is 9.14. The van der Waals surface area contributed by atoms with Gasteiger partial charge in [0.15, 0.2) is 0 Å². The van der Waals surface area contributed by atoms with Gasteiger partial charge < -0.3 is 9.84 Å². The van der Waals surface area contributed by atoms with E-state index in [1.165, 1.54) is 7.11 Å². The van der Waals surface area contributed by atoms with Gasteiger partial charge in [-0.2, -0.15) is 0 Å². The largest absolute Gasteiger partial charge is 0.395 e.